The van der Waals surface area contributed by atoms with E-state index in [1.54, 1.807) is 78.9 Å². The van der Waals surface area contributed by atoms with Gasteiger partial charge in [0.15, 0.2) is 0 Å². The SMILES string of the molecule is COc1ccc(C2/C(=C(/O)c3ccccc3)C(=O)C(=O)N2CC(CC(=O)O)c2ccccc2)cc1. The van der Waals surface area contributed by atoms with Gasteiger partial charge in [-0.2, -0.15) is 0 Å². The van der Waals surface area contributed by atoms with E-state index in [0.29, 0.717) is 16.9 Å². The lowest BCUT2D eigenvalue weighted by molar-refractivity contribution is -0.141. The standard InChI is InChI=1S/C28H25NO6/c1-35-22-14-12-19(13-15-22)25-24(26(32)20-10-6-3-7-11-20)27(33)28(34)29(25)17-21(16-23(30)31)18-8-4-2-5-9-18/h2-15,21,25,32H,16-17H2,1H3,(H,30,31)/b26-24-. The molecule has 0 radical (unpaired) electrons. The second-order valence-electron chi connectivity index (χ2n) is 8.30. The first-order chi connectivity index (χ1) is 16.9. The number of nitrogens with zero attached hydrogens (tertiary/aromatic N) is 1. The predicted octanol–water partition coefficient (Wildman–Crippen LogP) is 4.38. The van der Waals surface area contributed by atoms with Crippen LogP contribution >= 0.6 is 0 Å². The molecule has 178 valence electrons. The molecule has 0 saturated carbocycles. The van der Waals surface area contributed by atoms with Crippen molar-refractivity contribution < 1.29 is 29.3 Å². The zero-order valence-electron chi connectivity index (χ0n) is 19.1. The summed E-state index contributed by atoms with van der Waals surface area (Å²) in [6.45, 7) is -0.0108. The molecular formula is C28H25NO6. The number of carbonyl (C=O) groups excluding carboxylic acids is 2. The van der Waals surface area contributed by atoms with Crippen molar-refractivity contribution in [2.24, 2.45) is 0 Å². The molecule has 0 aromatic heterocycles. The molecular weight excluding hydrogens is 446 g/mol. The highest BCUT2D eigenvalue weighted by Gasteiger charge is 2.46. The smallest absolute Gasteiger partial charge is 0.304 e. The number of amides is 1. The monoisotopic (exact) mass is 471 g/mol. The summed E-state index contributed by atoms with van der Waals surface area (Å²) in [5, 5.41) is 20.6. The number of carboxylic acid groups (broad SMARTS) is 1. The Hall–Kier alpha value is -4.39. The fourth-order valence-electron chi connectivity index (χ4n) is 4.41. The van der Waals surface area contributed by atoms with E-state index in [2.05, 4.69) is 0 Å². The molecule has 2 atom stereocenters. The van der Waals surface area contributed by atoms with Gasteiger partial charge >= 0.3 is 5.97 Å². The van der Waals surface area contributed by atoms with Crippen LogP contribution in [0.3, 0.4) is 0 Å². The molecule has 1 amide bonds. The van der Waals surface area contributed by atoms with Crippen LogP contribution in [-0.4, -0.2) is 46.4 Å². The number of aliphatic carboxylic acids is 1. The summed E-state index contributed by atoms with van der Waals surface area (Å²) in [5.74, 6) is -2.84. The van der Waals surface area contributed by atoms with Crippen molar-refractivity contribution in [3.63, 3.8) is 0 Å². The van der Waals surface area contributed by atoms with Crippen molar-refractivity contribution in [3.8, 4) is 5.75 Å². The Bertz CT molecular complexity index is 1250. The molecule has 3 aromatic carbocycles. The average molecular weight is 472 g/mol. The number of carboxylic acids is 1. The number of hydrogen-bond acceptors (Lipinski definition) is 5. The quantitative estimate of drug-likeness (QED) is 0.287. The molecule has 1 fully saturated rings. The van der Waals surface area contributed by atoms with Crippen molar-refractivity contribution in [2.45, 2.75) is 18.4 Å². The van der Waals surface area contributed by atoms with E-state index in [1.807, 2.05) is 6.07 Å². The maximum absolute atomic E-state index is 13.3. The Morgan fingerprint density at radius 1 is 0.914 bits per heavy atom. The van der Waals surface area contributed by atoms with Gasteiger partial charge in [-0.05, 0) is 23.3 Å². The number of aliphatic hydroxyl groups is 1. The summed E-state index contributed by atoms with van der Waals surface area (Å²) in [5.41, 5.74) is 1.72. The van der Waals surface area contributed by atoms with Gasteiger partial charge in [0.25, 0.3) is 11.7 Å². The molecule has 0 aliphatic carbocycles. The number of ketones is 1. The van der Waals surface area contributed by atoms with Crippen LogP contribution in [0, 0.1) is 0 Å². The zero-order valence-corrected chi connectivity index (χ0v) is 19.1. The highest BCUT2D eigenvalue weighted by molar-refractivity contribution is 6.46. The number of ether oxygens (including phenoxy) is 1. The lowest BCUT2D eigenvalue weighted by Gasteiger charge is -2.29. The van der Waals surface area contributed by atoms with E-state index in [4.69, 9.17) is 4.74 Å². The number of hydrogen-bond donors (Lipinski definition) is 2. The first kappa shape index (κ1) is 23.8. The van der Waals surface area contributed by atoms with Crippen LogP contribution in [0.1, 0.15) is 35.1 Å². The van der Waals surface area contributed by atoms with Crippen LogP contribution in [0.4, 0.5) is 0 Å². The molecule has 0 spiro atoms. The maximum Gasteiger partial charge on any atom is 0.304 e. The minimum atomic E-state index is -1.01. The van der Waals surface area contributed by atoms with Gasteiger partial charge in [0.05, 0.1) is 25.1 Å². The Morgan fingerprint density at radius 2 is 1.51 bits per heavy atom. The molecule has 4 rings (SSSR count). The van der Waals surface area contributed by atoms with Gasteiger partial charge in [-0.25, -0.2) is 0 Å². The molecule has 3 aromatic rings. The number of methoxy groups -OCH3 is 1. The van der Waals surface area contributed by atoms with E-state index in [9.17, 15) is 24.6 Å². The number of rotatable bonds is 8. The van der Waals surface area contributed by atoms with Gasteiger partial charge in [0, 0.05) is 18.0 Å². The number of Topliss-reactive ketones (excluding diaryl/α,β-unsaturated/α-hetero) is 1. The largest absolute Gasteiger partial charge is 0.507 e. The molecule has 1 heterocycles. The van der Waals surface area contributed by atoms with E-state index >= 15 is 0 Å². The Labute approximate surface area is 202 Å². The third-order valence-electron chi connectivity index (χ3n) is 6.13. The molecule has 35 heavy (non-hydrogen) atoms. The normalized spacial score (nSPS) is 17.9. The van der Waals surface area contributed by atoms with Crippen LogP contribution in [0.15, 0.2) is 90.5 Å². The first-order valence-corrected chi connectivity index (χ1v) is 11.1. The Morgan fingerprint density at radius 3 is 2.09 bits per heavy atom. The van der Waals surface area contributed by atoms with Gasteiger partial charge in [-0.1, -0.05) is 72.8 Å². The maximum atomic E-state index is 13.3. The fourth-order valence-corrected chi connectivity index (χ4v) is 4.41. The van der Waals surface area contributed by atoms with Crippen LogP contribution in [0.2, 0.25) is 0 Å². The number of aliphatic hydroxyl groups excluding tert-OH is 1. The summed E-state index contributed by atoms with van der Waals surface area (Å²) in [7, 11) is 1.53. The van der Waals surface area contributed by atoms with E-state index < -0.39 is 29.6 Å². The summed E-state index contributed by atoms with van der Waals surface area (Å²) >= 11 is 0. The van der Waals surface area contributed by atoms with Gasteiger partial charge in [0.2, 0.25) is 0 Å². The second kappa shape index (κ2) is 10.3. The molecule has 1 aliphatic heterocycles. The molecule has 1 saturated heterocycles. The average Bonchev–Trinajstić information content (AvgIpc) is 3.13. The molecule has 7 heteroatoms. The Kier molecular flexibility index (Phi) is 6.96. The summed E-state index contributed by atoms with van der Waals surface area (Å²) in [6.07, 6.45) is -0.221. The van der Waals surface area contributed by atoms with Crippen molar-refractivity contribution in [1.82, 2.24) is 4.90 Å². The highest BCUT2D eigenvalue weighted by atomic mass is 16.5. The van der Waals surface area contributed by atoms with Gasteiger partial charge in [-0.3, -0.25) is 14.4 Å². The third-order valence-corrected chi connectivity index (χ3v) is 6.13. The van der Waals surface area contributed by atoms with Gasteiger partial charge < -0.3 is 19.8 Å². The van der Waals surface area contributed by atoms with Crippen LogP contribution in [0.5, 0.6) is 5.75 Å². The van der Waals surface area contributed by atoms with Crippen LogP contribution in [0.25, 0.3) is 5.76 Å². The topological polar surface area (TPSA) is 104 Å². The van der Waals surface area contributed by atoms with Crippen molar-refractivity contribution in [1.29, 1.82) is 0 Å². The van der Waals surface area contributed by atoms with Crippen LogP contribution < -0.4 is 4.74 Å². The molecule has 7 nitrogen and oxygen atoms in total. The molecule has 2 N–H and O–H groups in total. The van der Waals surface area contributed by atoms with Crippen molar-refractivity contribution in [3.05, 3.63) is 107 Å². The summed E-state index contributed by atoms with van der Waals surface area (Å²) in [4.78, 5) is 39.5. The third kappa shape index (κ3) is 4.94. The highest BCUT2D eigenvalue weighted by Crippen LogP contribution is 2.41. The van der Waals surface area contributed by atoms with E-state index in [1.165, 1.54) is 12.0 Å². The molecule has 0 bridgehead atoms. The van der Waals surface area contributed by atoms with Crippen molar-refractivity contribution in [2.75, 3.05) is 13.7 Å². The fraction of sp³-hybridized carbons (Fsp3) is 0.179. The van der Waals surface area contributed by atoms with E-state index in [0.717, 1.165) is 5.56 Å². The summed E-state index contributed by atoms with van der Waals surface area (Å²) in [6, 6.07) is 23.6. The van der Waals surface area contributed by atoms with Gasteiger partial charge in [0.1, 0.15) is 11.5 Å². The zero-order chi connectivity index (χ0) is 24.9. The lowest BCUT2D eigenvalue weighted by atomic mass is 9.92. The number of benzene rings is 3. The molecule has 2 unspecified atom stereocenters. The second-order valence-corrected chi connectivity index (χ2v) is 8.30. The predicted molar refractivity (Wildman–Crippen MR) is 130 cm³/mol. The van der Waals surface area contributed by atoms with E-state index in [-0.39, 0.29) is 24.3 Å². The minimum absolute atomic E-state index is 0.0108. The molecule has 1 aliphatic rings. The van der Waals surface area contributed by atoms with Crippen molar-refractivity contribution >= 4 is 23.4 Å². The Balaban J connectivity index is 1.83. The summed E-state index contributed by atoms with van der Waals surface area (Å²) < 4.78 is 5.24. The van der Waals surface area contributed by atoms with Gasteiger partial charge in [-0.15, -0.1) is 0 Å². The number of carbonyl (C=O) groups is 3. The lowest BCUT2D eigenvalue weighted by Crippen LogP contribution is -2.34. The first-order valence-electron chi connectivity index (χ1n) is 11.1. The van der Waals surface area contributed by atoms with Crippen LogP contribution in [-0.2, 0) is 14.4 Å². The number of likely N-dealkylation sites (tertiary alicyclic amines) is 1. The minimum Gasteiger partial charge on any atom is -0.507 e.